The van der Waals surface area contributed by atoms with Crippen molar-refractivity contribution in [3.8, 4) is 0 Å². The average molecular weight is 450 g/mol. The van der Waals surface area contributed by atoms with Gasteiger partial charge in [-0.05, 0) is 52.7 Å². The molecule has 2 aliphatic heterocycles. The Bertz CT molecular complexity index is 799. The molecule has 0 aromatic rings. The Morgan fingerprint density at radius 3 is 1.38 bits per heavy atom. The van der Waals surface area contributed by atoms with Crippen LogP contribution in [-0.2, 0) is 28.5 Å². The Morgan fingerprint density at radius 2 is 1.09 bits per heavy atom. The molecular weight excluding hydrogens is 420 g/mol. The first-order valence-electron chi connectivity index (χ1n) is 10.2. The van der Waals surface area contributed by atoms with Crippen molar-refractivity contribution < 1.29 is 38.1 Å². The molecule has 176 valence electrons. The van der Waals surface area contributed by atoms with E-state index in [0.29, 0.717) is 37.4 Å². The second-order valence-electron chi connectivity index (χ2n) is 8.50. The standard InChI is InChI=1S/C22H30N2O8/c1-21(2)15(29-19(27)31-21)9-7-13-23(5)17(25)11-12-18(26)24(6)14-8-10-16-22(3,4)32-20(28)30-16/h9-12H,7-8,13-14H2,1-6H3/b12-11+,15-9+,16-10+. The predicted octanol–water partition coefficient (Wildman–Crippen LogP) is 2.90. The smallest absolute Gasteiger partial charge is 0.420 e. The van der Waals surface area contributed by atoms with Crippen molar-refractivity contribution in [2.75, 3.05) is 27.2 Å². The first-order chi connectivity index (χ1) is 14.8. The molecule has 10 nitrogen and oxygen atoms in total. The Balaban J connectivity index is 1.77. The highest BCUT2D eigenvalue weighted by atomic mass is 16.8. The zero-order valence-electron chi connectivity index (χ0n) is 19.3. The Hall–Kier alpha value is -3.30. The molecule has 0 atom stereocenters. The summed E-state index contributed by atoms with van der Waals surface area (Å²) in [4.78, 5) is 49.8. The summed E-state index contributed by atoms with van der Waals surface area (Å²) in [7, 11) is 3.22. The number of amides is 2. The van der Waals surface area contributed by atoms with Crippen LogP contribution in [0.4, 0.5) is 9.59 Å². The summed E-state index contributed by atoms with van der Waals surface area (Å²) in [6, 6.07) is 0. The lowest BCUT2D eigenvalue weighted by Crippen LogP contribution is -2.28. The summed E-state index contributed by atoms with van der Waals surface area (Å²) < 4.78 is 20.1. The van der Waals surface area contributed by atoms with E-state index < -0.39 is 23.5 Å². The minimum absolute atomic E-state index is 0.331. The molecule has 0 aromatic carbocycles. The molecule has 0 N–H and O–H groups in total. The largest absolute Gasteiger partial charge is 0.514 e. The van der Waals surface area contributed by atoms with Gasteiger partial charge in [-0.2, -0.15) is 0 Å². The predicted molar refractivity (Wildman–Crippen MR) is 113 cm³/mol. The molecule has 0 bridgehead atoms. The van der Waals surface area contributed by atoms with Gasteiger partial charge >= 0.3 is 12.3 Å². The molecule has 2 fully saturated rings. The van der Waals surface area contributed by atoms with Crippen molar-refractivity contribution in [1.82, 2.24) is 9.80 Å². The highest BCUT2D eigenvalue weighted by molar-refractivity contribution is 5.96. The van der Waals surface area contributed by atoms with E-state index in [9.17, 15) is 19.2 Å². The number of rotatable bonds is 8. The molecule has 2 heterocycles. The van der Waals surface area contributed by atoms with E-state index >= 15 is 0 Å². The topological polar surface area (TPSA) is 112 Å². The first kappa shape index (κ1) is 25.0. The van der Waals surface area contributed by atoms with Crippen LogP contribution in [0.1, 0.15) is 40.5 Å². The first-order valence-corrected chi connectivity index (χ1v) is 10.2. The number of hydrogen-bond donors (Lipinski definition) is 0. The fourth-order valence-electron chi connectivity index (χ4n) is 2.96. The lowest BCUT2D eigenvalue weighted by molar-refractivity contribution is -0.127. The molecule has 0 saturated carbocycles. The van der Waals surface area contributed by atoms with E-state index in [-0.39, 0.29) is 11.8 Å². The SMILES string of the molecule is CN(CC/C=C1/OC(=O)OC1(C)C)C(=O)/C=C/C(=O)N(C)CC/C=C1/OC(=O)OC1(C)C. The number of cyclic esters (lactones) is 4. The zero-order chi connectivity index (χ0) is 24.1. The molecule has 0 aliphatic carbocycles. The summed E-state index contributed by atoms with van der Waals surface area (Å²) in [6.07, 6.45) is 5.27. The highest BCUT2D eigenvalue weighted by Crippen LogP contribution is 2.30. The lowest BCUT2D eigenvalue weighted by Gasteiger charge is -2.17. The van der Waals surface area contributed by atoms with Gasteiger partial charge in [0, 0.05) is 39.3 Å². The van der Waals surface area contributed by atoms with E-state index in [0.717, 1.165) is 0 Å². The average Bonchev–Trinajstić information content (AvgIpc) is 3.10. The summed E-state index contributed by atoms with van der Waals surface area (Å²) in [5.74, 6) is 0.159. The van der Waals surface area contributed by atoms with Crippen LogP contribution in [0.2, 0.25) is 0 Å². The van der Waals surface area contributed by atoms with Crippen LogP contribution in [0.25, 0.3) is 0 Å². The van der Waals surface area contributed by atoms with Gasteiger partial charge in [0.1, 0.15) is 0 Å². The second-order valence-corrected chi connectivity index (χ2v) is 8.50. The maximum Gasteiger partial charge on any atom is 0.514 e. The van der Waals surface area contributed by atoms with E-state index in [4.69, 9.17) is 18.9 Å². The molecule has 32 heavy (non-hydrogen) atoms. The quantitative estimate of drug-likeness (QED) is 0.410. The van der Waals surface area contributed by atoms with Gasteiger partial charge in [0.05, 0.1) is 0 Å². The molecule has 2 saturated heterocycles. The van der Waals surface area contributed by atoms with Crippen LogP contribution < -0.4 is 0 Å². The molecule has 0 spiro atoms. The van der Waals surface area contributed by atoms with E-state index in [1.54, 1.807) is 53.9 Å². The monoisotopic (exact) mass is 450 g/mol. The third kappa shape index (κ3) is 6.60. The number of likely N-dealkylation sites (N-methyl/N-ethyl adjacent to an activating group) is 2. The number of carbonyl (C=O) groups is 4. The van der Waals surface area contributed by atoms with Crippen molar-refractivity contribution in [1.29, 1.82) is 0 Å². The van der Waals surface area contributed by atoms with Crippen molar-refractivity contribution in [3.05, 3.63) is 35.8 Å². The molecule has 0 radical (unpaired) electrons. The normalized spacial score (nSPS) is 21.3. The lowest BCUT2D eigenvalue weighted by atomic mass is 10.1. The van der Waals surface area contributed by atoms with Crippen LogP contribution in [-0.4, -0.2) is 72.3 Å². The van der Waals surface area contributed by atoms with Gasteiger partial charge in [-0.1, -0.05) is 0 Å². The van der Waals surface area contributed by atoms with Crippen LogP contribution in [0.5, 0.6) is 0 Å². The maximum absolute atomic E-state index is 12.2. The van der Waals surface area contributed by atoms with Crippen molar-refractivity contribution in [2.45, 2.75) is 51.7 Å². The second kappa shape index (κ2) is 9.88. The Kier molecular flexibility index (Phi) is 7.71. The number of ether oxygens (including phenoxy) is 4. The van der Waals surface area contributed by atoms with E-state index in [2.05, 4.69) is 0 Å². The number of carbonyl (C=O) groups excluding carboxylic acids is 4. The number of nitrogens with zero attached hydrogens (tertiary/aromatic N) is 2. The third-order valence-corrected chi connectivity index (χ3v) is 4.96. The Labute approximate surface area is 187 Å². The molecule has 2 rings (SSSR count). The van der Waals surface area contributed by atoms with E-state index in [1.165, 1.54) is 22.0 Å². The molecule has 2 aliphatic rings. The minimum Gasteiger partial charge on any atom is -0.420 e. The fourth-order valence-corrected chi connectivity index (χ4v) is 2.96. The summed E-state index contributed by atoms with van der Waals surface area (Å²) in [6.45, 7) is 7.61. The van der Waals surface area contributed by atoms with Crippen LogP contribution in [0.15, 0.2) is 35.8 Å². The summed E-state index contributed by atoms with van der Waals surface area (Å²) in [5.41, 5.74) is -1.65. The van der Waals surface area contributed by atoms with Crippen molar-refractivity contribution >= 4 is 24.1 Å². The van der Waals surface area contributed by atoms with E-state index in [1.807, 2.05) is 0 Å². The van der Waals surface area contributed by atoms with Crippen LogP contribution in [0.3, 0.4) is 0 Å². The van der Waals surface area contributed by atoms with Gasteiger partial charge in [-0.15, -0.1) is 0 Å². The van der Waals surface area contributed by atoms with Gasteiger partial charge < -0.3 is 28.7 Å². The van der Waals surface area contributed by atoms with Gasteiger partial charge in [0.25, 0.3) is 0 Å². The maximum atomic E-state index is 12.2. The zero-order valence-corrected chi connectivity index (χ0v) is 19.3. The molecular formula is C22H30N2O8. The molecule has 0 aromatic heterocycles. The fraction of sp³-hybridized carbons (Fsp3) is 0.545. The van der Waals surface area contributed by atoms with Crippen LogP contribution in [0, 0.1) is 0 Å². The van der Waals surface area contributed by atoms with Gasteiger partial charge in [0.2, 0.25) is 11.8 Å². The summed E-state index contributed by atoms with van der Waals surface area (Å²) >= 11 is 0. The van der Waals surface area contributed by atoms with Crippen molar-refractivity contribution in [3.63, 3.8) is 0 Å². The Morgan fingerprint density at radius 1 is 0.750 bits per heavy atom. The van der Waals surface area contributed by atoms with Crippen molar-refractivity contribution in [2.24, 2.45) is 0 Å². The summed E-state index contributed by atoms with van der Waals surface area (Å²) in [5, 5.41) is 0. The third-order valence-electron chi connectivity index (χ3n) is 4.96. The van der Waals surface area contributed by atoms with Gasteiger partial charge in [0.15, 0.2) is 22.7 Å². The molecule has 0 unspecified atom stereocenters. The molecule has 10 heteroatoms. The molecule has 2 amide bonds. The van der Waals surface area contributed by atoms with Gasteiger partial charge in [-0.3, -0.25) is 9.59 Å². The van der Waals surface area contributed by atoms with Gasteiger partial charge in [-0.25, -0.2) is 9.59 Å². The highest BCUT2D eigenvalue weighted by Gasteiger charge is 2.39. The van der Waals surface area contributed by atoms with Crippen LogP contribution >= 0.6 is 0 Å². The minimum atomic E-state index is -0.825. The number of hydrogen-bond acceptors (Lipinski definition) is 8.